The molecule has 72 heavy (non-hydrogen) atoms. The van der Waals surface area contributed by atoms with E-state index in [4.69, 9.17) is 14.2 Å². The van der Waals surface area contributed by atoms with Crippen LogP contribution in [0.4, 0.5) is 0 Å². The van der Waals surface area contributed by atoms with E-state index in [1.54, 1.807) is 0 Å². The van der Waals surface area contributed by atoms with Gasteiger partial charge in [-0.1, -0.05) is 295 Å². The van der Waals surface area contributed by atoms with Gasteiger partial charge < -0.3 is 14.2 Å². The van der Waals surface area contributed by atoms with Crippen LogP contribution in [0.5, 0.6) is 0 Å². The van der Waals surface area contributed by atoms with Gasteiger partial charge >= 0.3 is 17.9 Å². The van der Waals surface area contributed by atoms with Crippen molar-refractivity contribution in [2.45, 2.75) is 354 Å². The topological polar surface area (TPSA) is 78.9 Å². The zero-order chi connectivity index (χ0) is 52.2. The molecule has 0 spiro atoms. The lowest BCUT2D eigenvalue weighted by atomic mass is 10.0. The first kappa shape index (κ1) is 69.6. The highest BCUT2D eigenvalue weighted by atomic mass is 16.6. The summed E-state index contributed by atoms with van der Waals surface area (Å²) in [6, 6.07) is 0. The highest BCUT2D eigenvalue weighted by molar-refractivity contribution is 5.71. The van der Waals surface area contributed by atoms with Crippen molar-refractivity contribution in [2.24, 2.45) is 0 Å². The fraction of sp³-hybridized carbons (Fsp3) is 0.864. The van der Waals surface area contributed by atoms with Crippen molar-refractivity contribution in [2.75, 3.05) is 13.2 Å². The van der Waals surface area contributed by atoms with E-state index >= 15 is 0 Å². The number of carbonyl (C=O) groups is 3. The molecule has 0 aliphatic heterocycles. The zero-order valence-corrected chi connectivity index (χ0v) is 48.5. The molecule has 6 heteroatoms. The Morgan fingerprint density at radius 3 is 0.833 bits per heavy atom. The molecule has 0 saturated carbocycles. The minimum Gasteiger partial charge on any atom is -0.462 e. The number of unbranched alkanes of at least 4 members (excludes halogenated alkanes) is 42. The summed E-state index contributed by atoms with van der Waals surface area (Å²) >= 11 is 0. The van der Waals surface area contributed by atoms with E-state index in [0.717, 1.165) is 83.5 Å². The Hall–Kier alpha value is -2.37. The summed E-state index contributed by atoms with van der Waals surface area (Å²) in [5.74, 6) is -0.868. The van der Waals surface area contributed by atoms with Crippen molar-refractivity contribution in [3.8, 4) is 0 Å². The molecule has 1 unspecified atom stereocenters. The number of hydrogen-bond donors (Lipinski definition) is 0. The molecule has 0 N–H and O–H groups in total. The van der Waals surface area contributed by atoms with Crippen molar-refractivity contribution in [1.29, 1.82) is 0 Å². The van der Waals surface area contributed by atoms with Crippen LogP contribution in [-0.4, -0.2) is 37.2 Å². The highest BCUT2D eigenvalue weighted by Gasteiger charge is 2.19. The van der Waals surface area contributed by atoms with Crippen LogP contribution in [-0.2, 0) is 28.6 Å². The van der Waals surface area contributed by atoms with Gasteiger partial charge in [0.05, 0.1) is 0 Å². The summed E-state index contributed by atoms with van der Waals surface area (Å²) in [6.07, 6.45) is 74.4. The summed E-state index contributed by atoms with van der Waals surface area (Å²) < 4.78 is 16.9. The van der Waals surface area contributed by atoms with E-state index in [2.05, 4.69) is 57.2 Å². The Balaban J connectivity index is 4.28. The average Bonchev–Trinajstić information content (AvgIpc) is 3.38. The Morgan fingerprint density at radius 2 is 0.528 bits per heavy atom. The van der Waals surface area contributed by atoms with Crippen molar-refractivity contribution < 1.29 is 28.6 Å². The Kier molecular flexibility index (Phi) is 59.2. The van der Waals surface area contributed by atoms with Crippen LogP contribution < -0.4 is 0 Å². The number of ether oxygens (including phenoxy) is 3. The van der Waals surface area contributed by atoms with E-state index in [0.29, 0.717) is 19.3 Å². The normalized spacial score (nSPS) is 12.2. The summed E-state index contributed by atoms with van der Waals surface area (Å²) in [7, 11) is 0. The molecule has 0 heterocycles. The molecule has 0 aliphatic carbocycles. The van der Waals surface area contributed by atoms with Gasteiger partial charge in [0, 0.05) is 19.3 Å². The van der Waals surface area contributed by atoms with Crippen LogP contribution in [0.2, 0.25) is 0 Å². The maximum atomic E-state index is 12.9. The van der Waals surface area contributed by atoms with Crippen molar-refractivity contribution in [1.82, 2.24) is 0 Å². The number of carbonyl (C=O) groups excluding carboxylic acids is 3. The van der Waals surface area contributed by atoms with E-state index in [1.165, 1.54) is 225 Å². The molecular weight excluding hydrogens is 889 g/mol. The molecule has 0 aromatic carbocycles. The molecule has 1 atom stereocenters. The van der Waals surface area contributed by atoms with Crippen LogP contribution in [0.25, 0.3) is 0 Å². The monoisotopic (exact) mass is 1010 g/mol. The second-order valence-corrected chi connectivity index (χ2v) is 21.7. The molecule has 0 amide bonds. The van der Waals surface area contributed by atoms with Crippen LogP contribution >= 0.6 is 0 Å². The second kappa shape index (κ2) is 61.2. The number of hydrogen-bond acceptors (Lipinski definition) is 6. The van der Waals surface area contributed by atoms with E-state index in [1.807, 2.05) is 0 Å². The highest BCUT2D eigenvalue weighted by Crippen LogP contribution is 2.18. The summed E-state index contributed by atoms with van der Waals surface area (Å²) in [6.45, 7) is 6.62. The van der Waals surface area contributed by atoms with Gasteiger partial charge in [-0.2, -0.15) is 0 Å². The molecule has 0 aliphatic rings. The minimum atomic E-state index is -0.777. The van der Waals surface area contributed by atoms with Gasteiger partial charge in [-0.05, 0) is 70.6 Å². The van der Waals surface area contributed by atoms with Gasteiger partial charge in [-0.3, -0.25) is 14.4 Å². The van der Waals surface area contributed by atoms with Crippen LogP contribution in [0.15, 0.2) is 36.5 Å². The fourth-order valence-electron chi connectivity index (χ4n) is 9.54. The first-order chi connectivity index (χ1) is 35.5. The van der Waals surface area contributed by atoms with Crippen LogP contribution in [0, 0.1) is 0 Å². The molecule has 0 aromatic rings. The van der Waals surface area contributed by atoms with E-state index < -0.39 is 6.10 Å². The van der Waals surface area contributed by atoms with Gasteiger partial charge in [0.1, 0.15) is 13.2 Å². The maximum absolute atomic E-state index is 12.9. The number of rotatable bonds is 59. The Morgan fingerprint density at radius 1 is 0.278 bits per heavy atom. The van der Waals surface area contributed by atoms with Gasteiger partial charge in [0.25, 0.3) is 0 Å². The summed E-state index contributed by atoms with van der Waals surface area (Å²) in [5, 5.41) is 0. The molecule has 422 valence electrons. The molecule has 0 rings (SSSR count). The lowest BCUT2D eigenvalue weighted by molar-refractivity contribution is -0.167. The third-order valence-corrected chi connectivity index (χ3v) is 14.3. The van der Waals surface area contributed by atoms with Gasteiger partial charge in [-0.15, -0.1) is 0 Å². The number of allylic oxidation sites excluding steroid dienone is 6. The molecule has 0 bridgehead atoms. The lowest BCUT2D eigenvalue weighted by Gasteiger charge is -2.18. The largest absolute Gasteiger partial charge is 0.462 e. The van der Waals surface area contributed by atoms with Crippen molar-refractivity contribution in [3.05, 3.63) is 36.5 Å². The van der Waals surface area contributed by atoms with E-state index in [-0.39, 0.29) is 31.1 Å². The standard InChI is InChI=1S/C66H122O6/c1-4-7-10-13-16-19-22-25-27-29-31-32-33-35-36-38-41-44-47-50-53-56-59-65(68)71-62-63(61-70-64(67)58-55-52-49-46-43-40-24-21-18-15-12-9-6-3)72-66(69)60-57-54-51-48-45-42-39-37-34-30-28-26-23-20-17-14-11-8-5-2/h12,15,21,24,26,28,63H,4-11,13-14,16-20,22-23,25,27,29-62H2,1-3H3/b15-12-,24-21-,28-26-. The maximum Gasteiger partial charge on any atom is 0.306 e. The minimum absolute atomic E-state index is 0.0733. The van der Waals surface area contributed by atoms with Crippen LogP contribution in [0.3, 0.4) is 0 Å². The lowest BCUT2D eigenvalue weighted by Crippen LogP contribution is -2.30. The molecular formula is C66H122O6. The van der Waals surface area contributed by atoms with Gasteiger partial charge in [0.2, 0.25) is 0 Å². The SMILES string of the molecule is CCC/C=C\C/C=C\CCCCCCCC(=O)OCC(COC(=O)CCCCCCCCCCCCCCCCCCCCCCCC)OC(=O)CCCCCCCCCCC/C=C\CCCCCCCC. The molecule has 0 radical (unpaired) electrons. The van der Waals surface area contributed by atoms with Crippen LogP contribution in [0.1, 0.15) is 348 Å². The smallest absolute Gasteiger partial charge is 0.306 e. The van der Waals surface area contributed by atoms with Crippen molar-refractivity contribution in [3.63, 3.8) is 0 Å². The van der Waals surface area contributed by atoms with Gasteiger partial charge in [0.15, 0.2) is 6.10 Å². The van der Waals surface area contributed by atoms with Crippen molar-refractivity contribution >= 4 is 17.9 Å². The Labute approximate surface area is 448 Å². The molecule has 0 saturated heterocycles. The Bertz CT molecular complexity index is 1210. The molecule has 6 nitrogen and oxygen atoms in total. The average molecular weight is 1010 g/mol. The number of esters is 3. The summed E-state index contributed by atoms with van der Waals surface area (Å²) in [4.78, 5) is 38.3. The summed E-state index contributed by atoms with van der Waals surface area (Å²) in [5.41, 5.74) is 0. The second-order valence-electron chi connectivity index (χ2n) is 21.7. The van der Waals surface area contributed by atoms with E-state index in [9.17, 15) is 14.4 Å². The molecule has 0 aromatic heterocycles. The zero-order valence-electron chi connectivity index (χ0n) is 48.5. The first-order valence-corrected chi connectivity index (χ1v) is 32.0. The third-order valence-electron chi connectivity index (χ3n) is 14.3. The predicted octanol–water partition coefficient (Wildman–Crippen LogP) is 21.6. The predicted molar refractivity (Wildman–Crippen MR) is 312 cm³/mol. The quantitative estimate of drug-likeness (QED) is 0.0261. The molecule has 0 fully saturated rings. The fourth-order valence-corrected chi connectivity index (χ4v) is 9.54. The van der Waals surface area contributed by atoms with Gasteiger partial charge in [-0.25, -0.2) is 0 Å². The first-order valence-electron chi connectivity index (χ1n) is 32.0. The third kappa shape index (κ3) is 58.5.